The average molecular weight is 232 g/mol. The highest BCUT2D eigenvalue weighted by atomic mass is 19.4. The van der Waals surface area contributed by atoms with Crippen molar-refractivity contribution in [2.45, 2.75) is 37.5 Å². The summed E-state index contributed by atoms with van der Waals surface area (Å²) >= 11 is 0. The van der Waals surface area contributed by atoms with E-state index in [0.717, 1.165) is 6.08 Å². The predicted molar refractivity (Wildman–Crippen MR) is 42.4 cm³/mol. The van der Waals surface area contributed by atoms with Crippen LogP contribution < -0.4 is 0 Å². The van der Waals surface area contributed by atoms with Gasteiger partial charge in [-0.25, -0.2) is 13.2 Å². The number of hydrogen-bond donors (Lipinski definition) is 0. The fraction of sp³-hybridized carbons (Fsp3) is 0.778. The molecule has 0 aromatic heterocycles. The van der Waals surface area contributed by atoms with Gasteiger partial charge in [-0.1, -0.05) is 12.2 Å². The summed E-state index contributed by atoms with van der Waals surface area (Å²) in [4.78, 5) is 0. The number of hydrogen-bond acceptors (Lipinski definition) is 0. The molecule has 0 fully saturated rings. The van der Waals surface area contributed by atoms with Crippen molar-refractivity contribution in [3.63, 3.8) is 0 Å². The Morgan fingerprint density at radius 3 is 2.13 bits per heavy atom. The van der Waals surface area contributed by atoms with E-state index in [9.17, 15) is 26.3 Å². The van der Waals surface area contributed by atoms with Crippen molar-refractivity contribution < 1.29 is 26.3 Å². The molecule has 1 aliphatic rings. The summed E-state index contributed by atoms with van der Waals surface area (Å²) in [6.07, 6.45) is -6.45. The normalized spacial score (nSPS) is 25.3. The van der Waals surface area contributed by atoms with Crippen LogP contribution in [0.4, 0.5) is 26.3 Å². The lowest BCUT2D eigenvalue weighted by molar-refractivity contribution is -0.254. The van der Waals surface area contributed by atoms with Crippen LogP contribution in [0.2, 0.25) is 0 Å². The van der Waals surface area contributed by atoms with Crippen LogP contribution in [0.1, 0.15) is 19.3 Å². The molecule has 0 saturated carbocycles. The molecule has 2 atom stereocenters. The van der Waals surface area contributed by atoms with Crippen LogP contribution in [0, 0.1) is 5.92 Å². The summed E-state index contributed by atoms with van der Waals surface area (Å²) in [7, 11) is 0. The van der Waals surface area contributed by atoms with Crippen molar-refractivity contribution in [2.24, 2.45) is 5.92 Å². The van der Waals surface area contributed by atoms with Gasteiger partial charge in [0.1, 0.15) is 0 Å². The van der Waals surface area contributed by atoms with Crippen LogP contribution >= 0.6 is 0 Å². The van der Waals surface area contributed by atoms with Crippen LogP contribution in [0.15, 0.2) is 12.2 Å². The van der Waals surface area contributed by atoms with Crippen molar-refractivity contribution in [3.05, 3.63) is 12.2 Å². The van der Waals surface area contributed by atoms with Crippen LogP contribution in [-0.2, 0) is 0 Å². The molecule has 0 nitrogen and oxygen atoms in total. The van der Waals surface area contributed by atoms with Crippen LogP contribution in [0.3, 0.4) is 0 Å². The monoisotopic (exact) mass is 232 g/mol. The standard InChI is InChI=1S/C9H10F6/c10-7(9(13,14)15)8(11,12)6-4-2-1-3-5-6/h2,4,6-7H,1,3,5H2. The molecule has 0 radical (unpaired) electrons. The van der Waals surface area contributed by atoms with Gasteiger partial charge < -0.3 is 0 Å². The molecule has 0 spiro atoms. The molecule has 15 heavy (non-hydrogen) atoms. The van der Waals surface area contributed by atoms with E-state index in [1.807, 2.05) is 0 Å². The quantitative estimate of drug-likeness (QED) is 0.500. The fourth-order valence-electron chi connectivity index (χ4n) is 1.54. The Morgan fingerprint density at radius 1 is 1.13 bits per heavy atom. The Morgan fingerprint density at radius 2 is 1.73 bits per heavy atom. The topological polar surface area (TPSA) is 0 Å². The molecule has 0 amide bonds. The van der Waals surface area contributed by atoms with E-state index in [0.29, 0.717) is 12.8 Å². The van der Waals surface area contributed by atoms with Crippen molar-refractivity contribution in [1.82, 2.24) is 0 Å². The zero-order valence-electron chi connectivity index (χ0n) is 7.70. The summed E-state index contributed by atoms with van der Waals surface area (Å²) in [6, 6.07) is 0. The molecule has 1 aliphatic carbocycles. The zero-order valence-corrected chi connectivity index (χ0v) is 7.70. The molecule has 2 unspecified atom stereocenters. The van der Waals surface area contributed by atoms with Gasteiger partial charge in [0.2, 0.25) is 0 Å². The molecule has 0 heterocycles. The first-order valence-electron chi connectivity index (χ1n) is 4.51. The third-order valence-corrected chi connectivity index (χ3v) is 2.37. The van der Waals surface area contributed by atoms with Gasteiger partial charge in [-0.2, -0.15) is 13.2 Å². The predicted octanol–water partition coefficient (Wildman–Crippen LogP) is 3.88. The fourth-order valence-corrected chi connectivity index (χ4v) is 1.54. The second-order valence-corrected chi connectivity index (χ2v) is 3.54. The summed E-state index contributed by atoms with van der Waals surface area (Å²) in [5.74, 6) is -6.02. The maximum absolute atomic E-state index is 13.1. The maximum atomic E-state index is 13.1. The van der Waals surface area contributed by atoms with Gasteiger partial charge in [0.05, 0.1) is 0 Å². The Kier molecular flexibility index (Phi) is 3.35. The van der Waals surface area contributed by atoms with Crippen molar-refractivity contribution in [1.29, 1.82) is 0 Å². The number of halogens is 6. The van der Waals surface area contributed by atoms with Gasteiger partial charge in [0.25, 0.3) is 12.1 Å². The molecule has 0 saturated heterocycles. The minimum Gasteiger partial charge on any atom is -0.231 e. The molecule has 0 aliphatic heterocycles. The Bertz CT molecular complexity index is 241. The average Bonchev–Trinajstić information content (AvgIpc) is 2.16. The molecule has 0 aromatic carbocycles. The van der Waals surface area contributed by atoms with E-state index < -0.39 is 24.2 Å². The number of allylic oxidation sites excluding steroid dienone is 2. The highest BCUT2D eigenvalue weighted by Crippen LogP contribution is 2.42. The van der Waals surface area contributed by atoms with Crippen molar-refractivity contribution in [3.8, 4) is 0 Å². The second kappa shape index (κ2) is 4.06. The van der Waals surface area contributed by atoms with Gasteiger partial charge in [-0.3, -0.25) is 0 Å². The van der Waals surface area contributed by atoms with Gasteiger partial charge in [-0.15, -0.1) is 0 Å². The first-order chi connectivity index (χ1) is 6.76. The van der Waals surface area contributed by atoms with Crippen LogP contribution in [0.25, 0.3) is 0 Å². The Labute approximate surface area is 83.0 Å². The molecule has 6 heteroatoms. The summed E-state index contributed by atoms with van der Waals surface area (Å²) in [6.45, 7) is 0. The molecular formula is C9H10F6. The third kappa shape index (κ3) is 2.66. The summed E-state index contributed by atoms with van der Waals surface area (Å²) < 4.78 is 74.1. The lowest BCUT2D eigenvalue weighted by Crippen LogP contribution is -2.46. The molecular weight excluding hydrogens is 222 g/mol. The number of alkyl halides is 6. The van der Waals surface area contributed by atoms with Gasteiger partial charge in [-0.05, 0) is 19.3 Å². The smallest absolute Gasteiger partial charge is 0.231 e. The van der Waals surface area contributed by atoms with Crippen LogP contribution in [0.5, 0.6) is 0 Å². The molecule has 88 valence electrons. The highest BCUT2D eigenvalue weighted by Gasteiger charge is 2.59. The van der Waals surface area contributed by atoms with Gasteiger partial charge >= 0.3 is 6.18 Å². The Balaban J connectivity index is 2.81. The SMILES string of the molecule is FC(C(F)(F)F)C(F)(F)C1C=CCCC1. The van der Waals surface area contributed by atoms with E-state index in [1.54, 1.807) is 0 Å². The minimum absolute atomic E-state index is 0.111. The first-order valence-corrected chi connectivity index (χ1v) is 4.51. The molecule has 0 N–H and O–H groups in total. The highest BCUT2D eigenvalue weighted by molar-refractivity contribution is 5.02. The zero-order chi connectivity index (χ0) is 11.7. The van der Waals surface area contributed by atoms with E-state index in [-0.39, 0.29) is 6.42 Å². The summed E-state index contributed by atoms with van der Waals surface area (Å²) in [5.41, 5.74) is 0. The van der Waals surface area contributed by atoms with Crippen molar-refractivity contribution in [2.75, 3.05) is 0 Å². The largest absolute Gasteiger partial charge is 0.425 e. The molecule has 1 rings (SSSR count). The van der Waals surface area contributed by atoms with Gasteiger partial charge in [0.15, 0.2) is 0 Å². The lowest BCUT2D eigenvalue weighted by atomic mass is 9.88. The van der Waals surface area contributed by atoms with Crippen LogP contribution in [-0.4, -0.2) is 18.3 Å². The number of rotatable bonds is 2. The lowest BCUT2D eigenvalue weighted by Gasteiger charge is -2.29. The second-order valence-electron chi connectivity index (χ2n) is 3.54. The van der Waals surface area contributed by atoms with Gasteiger partial charge in [0, 0.05) is 5.92 Å². The maximum Gasteiger partial charge on any atom is 0.425 e. The van der Waals surface area contributed by atoms with E-state index in [4.69, 9.17) is 0 Å². The minimum atomic E-state index is -5.51. The third-order valence-electron chi connectivity index (χ3n) is 2.37. The Hall–Kier alpha value is -0.680. The van der Waals surface area contributed by atoms with E-state index in [2.05, 4.69) is 0 Å². The van der Waals surface area contributed by atoms with E-state index >= 15 is 0 Å². The molecule has 0 aromatic rings. The summed E-state index contributed by atoms with van der Waals surface area (Å²) in [5, 5.41) is 0. The van der Waals surface area contributed by atoms with E-state index in [1.165, 1.54) is 6.08 Å². The first kappa shape index (κ1) is 12.4. The van der Waals surface area contributed by atoms with Crippen molar-refractivity contribution >= 4 is 0 Å². The molecule has 0 bridgehead atoms.